The van der Waals surface area contributed by atoms with Crippen LogP contribution < -0.4 is 10.6 Å². The summed E-state index contributed by atoms with van der Waals surface area (Å²) in [5, 5.41) is 6.06. The number of hydrogen-bond acceptors (Lipinski definition) is 3. The third kappa shape index (κ3) is 3.12. The maximum absolute atomic E-state index is 10.8. The predicted molar refractivity (Wildman–Crippen MR) is 47.8 cm³/mol. The SMILES string of the molecule is O=C(CS)NCC1CCNC1. The van der Waals surface area contributed by atoms with Crippen molar-refractivity contribution in [3.63, 3.8) is 0 Å². The Bertz CT molecular complexity index is 134. The first-order valence-corrected chi connectivity index (χ1v) is 4.54. The van der Waals surface area contributed by atoms with Crippen LogP contribution in [0.1, 0.15) is 6.42 Å². The van der Waals surface area contributed by atoms with Gasteiger partial charge in [-0.05, 0) is 25.4 Å². The van der Waals surface area contributed by atoms with Crippen molar-refractivity contribution in [2.75, 3.05) is 25.4 Å². The molecule has 3 nitrogen and oxygen atoms in total. The molecule has 0 aromatic rings. The highest BCUT2D eigenvalue weighted by Crippen LogP contribution is 2.04. The first-order valence-electron chi connectivity index (χ1n) is 3.91. The number of rotatable bonds is 3. The Labute approximate surface area is 72.3 Å². The summed E-state index contributed by atoms with van der Waals surface area (Å²) in [5.41, 5.74) is 0. The van der Waals surface area contributed by atoms with E-state index >= 15 is 0 Å². The lowest BCUT2D eigenvalue weighted by Gasteiger charge is -2.08. The number of amides is 1. The fourth-order valence-corrected chi connectivity index (χ4v) is 1.31. The summed E-state index contributed by atoms with van der Waals surface area (Å²) in [4.78, 5) is 10.8. The minimum atomic E-state index is 0.0280. The molecule has 1 heterocycles. The van der Waals surface area contributed by atoms with Crippen LogP contribution in [0.3, 0.4) is 0 Å². The first kappa shape index (κ1) is 8.87. The second kappa shape index (κ2) is 4.62. The van der Waals surface area contributed by atoms with Crippen LogP contribution in [0.15, 0.2) is 0 Å². The third-order valence-corrected chi connectivity index (χ3v) is 2.18. The van der Waals surface area contributed by atoms with Crippen molar-refractivity contribution in [2.24, 2.45) is 5.92 Å². The zero-order valence-corrected chi connectivity index (χ0v) is 7.36. The highest BCUT2D eigenvalue weighted by molar-refractivity contribution is 7.81. The molecule has 1 saturated heterocycles. The smallest absolute Gasteiger partial charge is 0.229 e. The molecule has 4 heteroatoms. The molecule has 0 aromatic heterocycles. The Balaban J connectivity index is 2.06. The van der Waals surface area contributed by atoms with Gasteiger partial charge in [0.05, 0.1) is 5.75 Å². The van der Waals surface area contributed by atoms with E-state index in [0.29, 0.717) is 11.7 Å². The van der Waals surface area contributed by atoms with E-state index in [9.17, 15) is 4.79 Å². The second-order valence-corrected chi connectivity index (χ2v) is 3.14. The molecule has 11 heavy (non-hydrogen) atoms. The summed E-state index contributed by atoms with van der Waals surface area (Å²) in [6.45, 7) is 2.92. The minimum Gasteiger partial charge on any atom is -0.355 e. The van der Waals surface area contributed by atoms with Gasteiger partial charge in [0.1, 0.15) is 0 Å². The molecule has 1 aliphatic rings. The molecule has 0 spiro atoms. The van der Waals surface area contributed by atoms with Crippen LogP contribution in [-0.4, -0.2) is 31.3 Å². The average Bonchev–Trinajstić information content (AvgIpc) is 2.52. The summed E-state index contributed by atoms with van der Waals surface area (Å²) in [5.74, 6) is 0.944. The molecule has 0 radical (unpaired) electrons. The van der Waals surface area contributed by atoms with Crippen molar-refractivity contribution in [3.05, 3.63) is 0 Å². The normalized spacial score (nSPS) is 23.5. The van der Waals surface area contributed by atoms with E-state index in [4.69, 9.17) is 0 Å². The van der Waals surface area contributed by atoms with Gasteiger partial charge in [0.15, 0.2) is 0 Å². The topological polar surface area (TPSA) is 41.1 Å². The van der Waals surface area contributed by atoms with E-state index in [1.54, 1.807) is 0 Å². The molecule has 1 amide bonds. The Hall–Kier alpha value is -0.220. The molecule has 1 rings (SSSR count). The number of hydrogen-bond donors (Lipinski definition) is 3. The van der Waals surface area contributed by atoms with Crippen molar-refractivity contribution in [3.8, 4) is 0 Å². The maximum Gasteiger partial charge on any atom is 0.229 e. The maximum atomic E-state index is 10.8. The van der Waals surface area contributed by atoms with Crippen LogP contribution >= 0.6 is 12.6 Å². The van der Waals surface area contributed by atoms with Gasteiger partial charge in [-0.15, -0.1) is 0 Å². The molecule has 0 bridgehead atoms. The van der Waals surface area contributed by atoms with Crippen LogP contribution in [0.4, 0.5) is 0 Å². The van der Waals surface area contributed by atoms with Crippen LogP contribution in [0.5, 0.6) is 0 Å². The lowest BCUT2D eigenvalue weighted by molar-refractivity contribution is -0.118. The van der Waals surface area contributed by atoms with Gasteiger partial charge in [-0.2, -0.15) is 12.6 Å². The quantitative estimate of drug-likeness (QED) is 0.512. The third-order valence-electron chi connectivity index (χ3n) is 1.89. The fourth-order valence-electron chi connectivity index (χ4n) is 1.20. The van der Waals surface area contributed by atoms with Gasteiger partial charge in [-0.3, -0.25) is 4.79 Å². The van der Waals surface area contributed by atoms with Crippen LogP contribution in [-0.2, 0) is 4.79 Å². The van der Waals surface area contributed by atoms with Crippen molar-refractivity contribution in [1.82, 2.24) is 10.6 Å². The van der Waals surface area contributed by atoms with Gasteiger partial charge >= 0.3 is 0 Å². The average molecular weight is 174 g/mol. The number of carbonyl (C=O) groups excluding carboxylic acids is 1. The highest BCUT2D eigenvalue weighted by atomic mass is 32.1. The van der Waals surface area contributed by atoms with Gasteiger partial charge in [0, 0.05) is 6.54 Å². The number of thiol groups is 1. The zero-order valence-electron chi connectivity index (χ0n) is 6.47. The summed E-state index contributed by atoms with van der Waals surface area (Å²) in [6.07, 6.45) is 1.17. The standard InChI is InChI=1S/C7H14N2OS/c10-7(5-11)9-4-6-1-2-8-3-6/h6,8,11H,1-5H2,(H,9,10). The molecular weight excluding hydrogens is 160 g/mol. The van der Waals surface area contributed by atoms with Crippen molar-refractivity contribution in [2.45, 2.75) is 6.42 Å². The van der Waals surface area contributed by atoms with E-state index in [-0.39, 0.29) is 5.91 Å². The van der Waals surface area contributed by atoms with Gasteiger partial charge < -0.3 is 10.6 Å². The van der Waals surface area contributed by atoms with Crippen LogP contribution in [0, 0.1) is 5.92 Å². The molecular formula is C7H14N2OS. The monoisotopic (exact) mass is 174 g/mol. The molecule has 1 atom stereocenters. The second-order valence-electron chi connectivity index (χ2n) is 2.82. The molecule has 1 aliphatic heterocycles. The summed E-state index contributed by atoms with van der Waals surface area (Å²) in [6, 6.07) is 0. The van der Waals surface area contributed by atoms with E-state index in [1.807, 2.05) is 0 Å². The Kier molecular flexibility index (Phi) is 3.72. The van der Waals surface area contributed by atoms with Crippen LogP contribution in [0.25, 0.3) is 0 Å². The first-order chi connectivity index (χ1) is 5.33. The molecule has 64 valence electrons. The fraction of sp³-hybridized carbons (Fsp3) is 0.857. The molecule has 0 aliphatic carbocycles. The predicted octanol–water partition coefficient (Wildman–Crippen LogP) is -0.358. The highest BCUT2D eigenvalue weighted by Gasteiger charge is 2.14. The lowest BCUT2D eigenvalue weighted by Crippen LogP contribution is -2.30. The van der Waals surface area contributed by atoms with E-state index in [1.165, 1.54) is 6.42 Å². The van der Waals surface area contributed by atoms with E-state index < -0.39 is 0 Å². The Morgan fingerprint density at radius 3 is 3.09 bits per heavy atom. The van der Waals surface area contributed by atoms with Gasteiger partial charge in [0.25, 0.3) is 0 Å². The molecule has 1 fully saturated rings. The largest absolute Gasteiger partial charge is 0.355 e. The van der Waals surface area contributed by atoms with Gasteiger partial charge in [0.2, 0.25) is 5.91 Å². The van der Waals surface area contributed by atoms with E-state index in [0.717, 1.165) is 19.6 Å². The van der Waals surface area contributed by atoms with Crippen molar-refractivity contribution >= 4 is 18.5 Å². The molecule has 0 saturated carbocycles. The number of carbonyl (C=O) groups is 1. The van der Waals surface area contributed by atoms with Crippen molar-refractivity contribution in [1.29, 1.82) is 0 Å². The van der Waals surface area contributed by atoms with Gasteiger partial charge in [-0.1, -0.05) is 0 Å². The van der Waals surface area contributed by atoms with Crippen molar-refractivity contribution < 1.29 is 4.79 Å². The Morgan fingerprint density at radius 1 is 1.73 bits per heavy atom. The van der Waals surface area contributed by atoms with Crippen LogP contribution in [0.2, 0.25) is 0 Å². The summed E-state index contributed by atoms with van der Waals surface area (Å²) < 4.78 is 0. The lowest BCUT2D eigenvalue weighted by atomic mass is 10.1. The number of nitrogens with one attached hydrogen (secondary N) is 2. The summed E-state index contributed by atoms with van der Waals surface area (Å²) in [7, 11) is 0. The zero-order chi connectivity index (χ0) is 8.10. The molecule has 0 aromatic carbocycles. The minimum absolute atomic E-state index is 0.0280. The molecule has 1 unspecified atom stereocenters. The van der Waals surface area contributed by atoms with E-state index in [2.05, 4.69) is 23.3 Å². The summed E-state index contributed by atoms with van der Waals surface area (Å²) >= 11 is 3.86. The Morgan fingerprint density at radius 2 is 2.55 bits per heavy atom. The molecule has 2 N–H and O–H groups in total. The van der Waals surface area contributed by atoms with Gasteiger partial charge in [-0.25, -0.2) is 0 Å².